The van der Waals surface area contributed by atoms with Gasteiger partial charge in [-0.25, -0.2) is 4.98 Å². The Hall–Kier alpha value is -2.44. The van der Waals surface area contributed by atoms with Gasteiger partial charge in [0.05, 0.1) is 12.6 Å². The molecule has 0 bridgehead atoms. The number of carbonyl (C=O) groups excluding carboxylic acids is 1. The van der Waals surface area contributed by atoms with Gasteiger partial charge in [0.2, 0.25) is 5.88 Å². The van der Waals surface area contributed by atoms with Crippen LogP contribution in [0.15, 0.2) is 36.5 Å². The van der Waals surface area contributed by atoms with Gasteiger partial charge in [-0.05, 0) is 56.8 Å². The molecule has 6 nitrogen and oxygen atoms in total. The lowest BCUT2D eigenvalue weighted by Crippen LogP contribution is -2.50. The molecule has 1 fully saturated rings. The van der Waals surface area contributed by atoms with E-state index in [1.807, 2.05) is 37.4 Å². The largest absolute Gasteiger partial charge is 0.472 e. The van der Waals surface area contributed by atoms with E-state index in [4.69, 9.17) is 4.74 Å². The molecule has 2 aliphatic rings. The molecular weight excluding hydrogens is 438 g/mol. The molecule has 1 aromatic carbocycles. The van der Waals surface area contributed by atoms with Gasteiger partial charge in [-0.2, -0.15) is 0 Å². The molecule has 0 unspecified atom stereocenters. The van der Waals surface area contributed by atoms with Crippen LogP contribution >= 0.6 is 0 Å². The van der Waals surface area contributed by atoms with Gasteiger partial charge in [0.25, 0.3) is 5.91 Å². The SMILES string of the molecule is Cc1ccccc1-c1cnc2c(c1)C(=O)N([C@@H](C)CO)C[C@H](C)[C@H](CN(C)CC1CCCCC1)O2. The molecule has 1 aliphatic carbocycles. The molecule has 3 atom stereocenters. The van der Waals surface area contributed by atoms with Crippen LogP contribution in [-0.4, -0.2) is 71.2 Å². The summed E-state index contributed by atoms with van der Waals surface area (Å²) in [5.41, 5.74) is 3.55. The topological polar surface area (TPSA) is 65.9 Å². The van der Waals surface area contributed by atoms with Crippen LogP contribution in [0.3, 0.4) is 0 Å². The van der Waals surface area contributed by atoms with Crippen LogP contribution in [-0.2, 0) is 0 Å². The molecule has 1 aliphatic heterocycles. The molecule has 35 heavy (non-hydrogen) atoms. The third-order valence-corrected chi connectivity index (χ3v) is 7.76. The maximum absolute atomic E-state index is 13.7. The van der Waals surface area contributed by atoms with Gasteiger partial charge in [0.1, 0.15) is 11.7 Å². The van der Waals surface area contributed by atoms with E-state index in [1.54, 1.807) is 4.90 Å². The van der Waals surface area contributed by atoms with E-state index in [2.05, 4.69) is 36.8 Å². The van der Waals surface area contributed by atoms with Gasteiger partial charge in [-0.3, -0.25) is 4.79 Å². The predicted molar refractivity (Wildman–Crippen MR) is 140 cm³/mol. The van der Waals surface area contributed by atoms with Crippen LogP contribution in [0.1, 0.15) is 61.9 Å². The number of likely N-dealkylation sites (N-methyl/N-ethyl adjacent to an activating group) is 1. The maximum atomic E-state index is 13.7. The van der Waals surface area contributed by atoms with Crippen LogP contribution in [0.25, 0.3) is 11.1 Å². The van der Waals surface area contributed by atoms with Crippen LogP contribution in [0.4, 0.5) is 0 Å². The highest BCUT2D eigenvalue weighted by Gasteiger charge is 2.34. The maximum Gasteiger partial charge on any atom is 0.259 e. The van der Waals surface area contributed by atoms with Crippen LogP contribution in [0.5, 0.6) is 5.88 Å². The van der Waals surface area contributed by atoms with Crippen LogP contribution < -0.4 is 4.74 Å². The predicted octanol–water partition coefficient (Wildman–Crippen LogP) is 4.79. The Balaban J connectivity index is 1.63. The van der Waals surface area contributed by atoms with Crippen molar-refractivity contribution in [3.05, 3.63) is 47.7 Å². The van der Waals surface area contributed by atoms with E-state index >= 15 is 0 Å². The third-order valence-electron chi connectivity index (χ3n) is 7.76. The van der Waals surface area contributed by atoms with Crippen molar-refractivity contribution in [2.24, 2.45) is 11.8 Å². The Morgan fingerprint density at radius 2 is 1.91 bits per heavy atom. The van der Waals surface area contributed by atoms with Crippen molar-refractivity contribution in [3.8, 4) is 17.0 Å². The number of carbonyl (C=O) groups is 1. The van der Waals surface area contributed by atoms with Crippen molar-refractivity contribution < 1.29 is 14.6 Å². The highest BCUT2D eigenvalue weighted by molar-refractivity contribution is 5.98. The molecule has 2 heterocycles. The second-order valence-corrected chi connectivity index (χ2v) is 10.7. The number of aromatic nitrogens is 1. The average molecular weight is 480 g/mol. The Bertz CT molecular complexity index is 1000. The summed E-state index contributed by atoms with van der Waals surface area (Å²) < 4.78 is 6.50. The summed E-state index contributed by atoms with van der Waals surface area (Å²) in [4.78, 5) is 22.5. The molecule has 1 amide bonds. The quantitative estimate of drug-likeness (QED) is 0.619. The Morgan fingerprint density at radius 3 is 2.63 bits per heavy atom. The minimum atomic E-state index is -0.279. The summed E-state index contributed by atoms with van der Waals surface area (Å²) >= 11 is 0. The first kappa shape index (κ1) is 25.6. The second kappa shape index (κ2) is 11.5. The number of rotatable bonds is 7. The van der Waals surface area contributed by atoms with Crippen LogP contribution in [0.2, 0.25) is 0 Å². The molecule has 0 spiro atoms. The van der Waals surface area contributed by atoms with E-state index in [1.165, 1.54) is 32.1 Å². The highest BCUT2D eigenvalue weighted by atomic mass is 16.5. The first-order chi connectivity index (χ1) is 16.9. The van der Waals surface area contributed by atoms with E-state index in [0.29, 0.717) is 18.0 Å². The fraction of sp³-hybridized carbons (Fsp3) is 0.586. The van der Waals surface area contributed by atoms with Gasteiger partial charge in [0.15, 0.2) is 0 Å². The molecule has 0 saturated heterocycles. The number of fused-ring (bicyclic) bond motifs is 1. The summed E-state index contributed by atoms with van der Waals surface area (Å²) in [6.45, 7) is 8.42. The van der Waals surface area contributed by atoms with Gasteiger partial charge >= 0.3 is 0 Å². The minimum Gasteiger partial charge on any atom is -0.472 e. The number of nitrogens with zero attached hydrogens (tertiary/aromatic N) is 3. The van der Waals surface area contributed by atoms with Crippen molar-refractivity contribution in [2.45, 2.75) is 65.0 Å². The molecule has 6 heteroatoms. The summed E-state index contributed by atoms with van der Waals surface area (Å²) in [5, 5.41) is 9.91. The van der Waals surface area contributed by atoms with E-state index in [0.717, 1.165) is 35.7 Å². The molecule has 2 aromatic rings. The van der Waals surface area contributed by atoms with Gasteiger partial charge in [-0.1, -0.05) is 50.5 Å². The van der Waals surface area contributed by atoms with Crippen molar-refractivity contribution >= 4 is 5.91 Å². The lowest BCUT2D eigenvalue weighted by molar-refractivity contribution is 0.0314. The monoisotopic (exact) mass is 479 g/mol. The van der Waals surface area contributed by atoms with Crippen molar-refractivity contribution in [1.82, 2.24) is 14.8 Å². The molecule has 1 N–H and O–H groups in total. The summed E-state index contributed by atoms with van der Waals surface area (Å²) in [7, 11) is 2.18. The number of aliphatic hydroxyl groups is 1. The summed E-state index contributed by atoms with van der Waals surface area (Å²) in [6.07, 6.45) is 8.38. The summed E-state index contributed by atoms with van der Waals surface area (Å²) in [6, 6.07) is 9.74. The van der Waals surface area contributed by atoms with Crippen molar-refractivity contribution in [3.63, 3.8) is 0 Å². The zero-order valence-electron chi connectivity index (χ0n) is 21.7. The number of pyridine rings is 1. The normalized spacial score (nSPS) is 22.3. The number of aryl methyl sites for hydroxylation is 1. The fourth-order valence-electron chi connectivity index (χ4n) is 5.56. The lowest BCUT2D eigenvalue weighted by atomic mass is 9.89. The number of benzene rings is 1. The third kappa shape index (κ3) is 6.04. The first-order valence-corrected chi connectivity index (χ1v) is 13.2. The number of ether oxygens (including phenoxy) is 1. The minimum absolute atomic E-state index is 0.0776. The first-order valence-electron chi connectivity index (χ1n) is 13.2. The van der Waals surface area contributed by atoms with E-state index in [9.17, 15) is 9.90 Å². The Labute approximate surface area is 210 Å². The van der Waals surface area contributed by atoms with Gasteiger partial charge in [-0.15, -0.1) is 0 Å². The Kier molecular flexibility index (Phi) is 8.45. The lowest BCUT2D eigenvalue weighted by Gasteiger charge is -2.38. The number of hydrogen-bond acceptors (Lipinski definition) is 5. The zero-order valence-corrected chi connectivity index (χ0v) is 21.7. The molecule has 1 saturated carbocycles. The standard InChI is InChI=1S/C29H41N3O3/c1-20-10-8-9-13-25(20)24-14-26-28(30-15-24)35-27(18-31(4)17-23-11-6-5-7-12-23)21(2)16-32(29(26)34)22(3)19-33/h8-10,13-15,21-23,27,33H,5-7,11-12,16-19H2,1-4H3/t21-,22-,27-/m0/s1. The van der Waals surface area contributed by atoms with E-state index < -0.39 is 0 Å². The van der Waals surface area contributed by atoms with E-state index in [-0.39, 0.29) is 30.6 Å². The number of amides is 1. The average Bonchev–Trinajstić information content (AvgIpc) is 2.86. The van der Waals surface area contributed by atoms with Gasteiger partial charge in [0, 0.05) is 37.3 Å². The van der Waals surface area contributed by atoms with Crippen molar-refractivity contribution in [1.29, 1.82) is 0 Å². The highest BCUT2D eigenvalue weighted by Crippen LogP contribution is 2.32. The zero-order chi connectivity index (χ0) is 24.9. The molecule has 1 aromatic heterocycles. The van der Waals surface area contributed by atoms with Gasteiger partial charge < -0.3 is 19.6 Å². The van der Waals surface area contributed by atoms with Crippen molar-refractivity contribution in [2.75, 3.05) is 33.3 Å². The fourth-order valence-corrected chi connectivity index (χ4v) is 5.56. The molecular formula is C29H41N3O3. The number of aliphatic hydroxyl groups excluding tert-OH is 1. The molecule has 0 radical (unpaired) electrons. The Morgan fingerprint density at radius 1 is 1.17 bits per heavy atom. The molecule has 190 valence electrons. The smallest absolute Gasteiger partial charge is 0.259 e. The second-order valence-electron chi connectivity index (χ2n) is 10.7. The number of hydrogen-bond donors (Lipinski definition) is 1. The van der Waals surface area contributed by atoms with Crippen LogP contribution in [0, 0.1) is 18.8 Å². The summed E-state index contributed by atoms with van der Waals surface area (Å²) in [5.74, 6) is 1.12. The molecule has 4 rings (SSSR count).